The standard InChI is InChI=1S/C23H18FN3O3S/c24-19-10-8-16(9-11-19)21(15-25)26-23(28)18-5-3-6-20(14-18)31(29,30)27-13-12-17-4-1-2-7-22(17)27/h1-11,14,21H,12-13H2,(H,26,28). The van der Waals surface area contributed by atoms with Crippen LogP contribution in [0.5, 0.6) is 0 Å². The fraction of sp³-hybridized carbons (Fsp3) is 0.130. The lowest BCUT2D eigenvalue weighted by molar-refractivity contribution is 0.0945. The number of hydrogen-bond donors (Lipinski definition) is 1. The van der Waals surface area contributed by atoms with Gasteiger partial charge < -0.3 is 5.32 Å². The number of sulfonamides is 1. The lowest BCUT2D eigenvalue weighted by Crippen LogP contribution is -2.30. The van der Waals surface area contributed by atoms with Crippen LogP contribution in [0.15, 0.2) is 77.7 Å². The number of nitrogens with zero attached hydrogens (tertiary/aromatic N) is 2. The summed E-state index contributed by atoms with van der Waals surface area (Å²) in [5.74, 6) is -1.05. The van der Waals surface area contributed by atoms with Gasteiger partial charge in [0.15, 0.2) is 0 Å². The van der Waals surface area contributed by atoms with Gasteiger partial charge in [0.25, 0.3) is 15.9 Å². The average molecular weight is 435 g/mol. The van der Waals surface area contributed by atoms with E-state index in [1.807, 2.05) is 18.2 Å². The fourth-order valence-corrected chi connectivity index (χ4v) is 5.09. The molecule has 3 aromatic carbocycles. The van der Waals surface area contributed by atoms with Gasteiger partial charge in [0.1, 0.15) is 11.9 Å². The molecule has 31 heavy (non-hydrogen) atoms. The molecule has 0 spiro atoms. The highest BCUT2D eigenvalue weighted by Crippen LogP contribution is 2.32. The third-order valence-electron chi connectivity index (χ3n) is 5.14. The highest BCUT2D eigenvalue weighted by atomic mass is 32.2. The van der Waals surface area contributed by atoms with E-state index in [0.29, 0.717) is 24.2 Å². The maximum absolute atomic E-state index is 13.2. The SMILES string of the molecule is N#CC(NC(=O)c1cccc(S(=O)(=O)N2CCc3ccccc32)c1)c1ccc(F)cc1. The van der Waals surface area contributed by atoms with E-state index in [4.69, 9.17) is 0 Å². The first kappa shape index (κ1) is 20.6. The van der Waals surface area contributed by atoms with Crippen molar-refractivity contribution in [2.75, 3.05) is 10.8 Å². The van der Waals surface area contributed by atoms with Crippen LogP contribution in [0.3, 0.4) is 0 Å². The van der Waals surface area contributed by atoms with Crippen LogP contribution < -0.4 is 9.62 Å². The number of anilines is 1. The average Bonchev–Trinajstić information content (AvgIpc) is 3.23. The van der Waals surface area contributed by atoms with Crippen molar-refractivity contribution in [1.82, 2.24) is 5.32 Å². The van der Waals surface area contributed by atoms with E-state index in [0.717, 1.165) is 5.56 Å². The van der Waals surface area contributed by atoms with E-state index >= 15 is 0 Å². The molecule has 0 saturated heterocycles. The summed E-state index contributed by atoms with van der Waals surface area (Å²) < 4.78 is 40.9. The molecular weight excluding hydrogens is 417 g/mol. The lowest BCUT2D eigenvalue weighted by atomic mass is 10.1. The second-order valence-electron chi connectivity index (χ2n) is 7.07. The third kappa shape index (κ3) is 4.00. The number of para-hydroxylation sites is 1. The van der Waals surface area contributed by atoms with Gasteiger partial charge in [-0.1, -0.05) is 36.4 Å². The zero-order chi connectivity index (χ0) is 22.0. The van der Waals surface area contributed by atoms with Gasteiger partial charge in [-0.25, -0.2) is 12.8 Å². The molecule has 0 saturated carbocycles. The van der Waals surface area contributed by atoms with Gasteiger partial charge >= 0.3 is 0 Å². The second kappa shape index (κ2) is 8.20. The number of carbonyl (C=O) groups excluding carboxylic acids is 1. The number of hydrogen-bond acceptors (Lipinski definition) is 4. The van der Waals surface area contributed by atoms with Gasteiger partial charge in [-0.05, 0) is 53.9 Å². The van der Waals surface area contributed by atoms with Crippen LogP contribution in [0.25, 0.3) is 0 Å². The number of benzene rings is 3. The Bertz CT molecular complexity index is 1280. The van der Waals surface area contributed by atoms with E-state index in [9.17, 15) is 22.9 Å². The third-order valence-corrected chi connectivity index (χ3v) is 6.95. The monoisotopic (exact) mass is 435 g/mol. The van der Waals surface area contributed by atoms with Gasteiger partial charge in [0.05, 0.1) is 16.7 Å². The summed E-state index contributed by atoms with van der Waals surface area (Å²) in [7, 11) is -3.85. The van der Waals surface area contributed by atoms with Crippen molar-refractivity contribution in [2.45, 2.75) is 17.4 Å². The van der Waals surface area contributed by atoms with E-state index < -0.39 is 27.8 Å². The minimum absolute atomic E-state index is 0.00728. The summed E-state index contributed by atoms with van der Waals surface area (Å²) in [6, 6.07) is 19.2. The Morgan fingerprint density at radius 2 is 1.81 bits per heavy atom. The van der Waals surface area contributed by atoms with Gasteiger partial charge in [-0.2, -0.15) is 5.26 Å². The van der Waals surface area contributed by atoms with E-state index in [2.05, 4.69) is 5.32 Å². The summed E-state index contributed by atoms with van der Waals surface area (Å²) in [4.78, 5) is 12.7. The fourth-order valence-electron chi connectivity index (χ4n) is 3.54. The van der Waals surface area contributed by atoms with Gasteiger partial charge in [0.2, 0.25) is 0 Å². The molecule has 8 heteroatoms. The highest BCUT2D eigenvalue weighted by Gasteiger charge is 2.31. The van der Waals surface area contributed by atoms with Crippen LogP contribution in [0.1, 0.15) is 27.5 Å². The Labute approximate surface area is 179 Å². The van der Waals surface area contributed by atoms with E-state index in [1.54, 1.807) is 12.1 Å². The first-order valence-electron chi connectivity index (χ1n) is 9.57. The van der Waals surface area contributed by atoms with Gasteiger partial charge in [-0.15, -0.1) is 0 Å². The molecule has 0 bridgehead atoms. The molecule has 1 heterocycles. The number of amides is 1. The van der Waals surface area contributed by atoms with Crippen LogP contribution in [0.2, 0.25) is 0 Å². The number of nitriles is 1. The topological polar surface area (TPSA) is 90.3 Å². The maximum atomic E-state index is 13.2. The predicted molar refractivity (Wildman–Crippen MR) is 113 cm³/mol. The first-order chi connectivity index (χ1) is 14.9. The van der Waals surface area contributed by atoms with Crippen molar-refractivity contribution in [1.29, 1.82) is 5.26 Å². The summed E-state index contributed by atoms with van der Waals surface area (Å²) in [6.45, 7) is 0.333. The maximum Gasteiger partial charge on any atom is 0.264 e. The Balaban J connectivity index is 1.59. The van der Waals surface area contributed by atoms with E-state index in [-0.39, 0.29) is 10.5 Å². The Kier molecular flexibility index (Phi) is 5.44. The Hall–Kier alpha value is -3.70. The zero-order valence-electron chi connectivity index (χ0n) is 16.3. The van der Waals surface area contributed by atoms with Gasteiger partial charge in [0, 0.05) is 12.1 Å². The van der Waals surface area contributed by atoms with Crippen LogP contribution >= 0.6 is 0 Å². The van der Waals surface area contributed by atoms with Gasteiger partial charge in [-0.3, -0.25) is 9.10 Å². The smallest absolute Gasteiger partial charge is 0.264 e. The summed E-state index contributed by atoms with van der Waals surface area (Å²) >= 11 is 0. The van der Waals surface area contributed by atoms with Crippen LogP contribution in [0.4, 0.5) is 10.1 Å². The molecule has 1 atom stereocenters. The number of carbonyl (C=O) groups is 1. The Morgan fingerprint density at radius 3 is 2.55 bits per heavy atom. The van der Waals surface area contributed by atoms with Crippen LogP contribution in [0, 0.1) is 17.1 Å². The first-order valence-corrected chi connectivity index (χ1v) is 11.0. The zero-order valence-corrected chi connectivity index (χ0v) is 17.1. The van der Waals surface area contributed by atoms with Crippen LogP contribution in [-0.2, 0) is 16.4 Å². The molecule has 1 N–H and O–H groups in total. The van der Waals surface area contributed by atoms with E-state index in [1.165, 1.54) is 52.8 Å². The Morgan fingerprint density at radius 1 is 1.06 bits per heavy atom. The molecule has 156 valence electrons. The summed E-state index contributed by atoms with van der Waals surface area (Å²) in [5.41, 5.74) is 2.12. The molecule has 4 rings (SSSR count). The van der Waals surface area contributed by atoms with Crippen molar-refractivity contribution in [3.05, 3.63) is 95.3 Å². The van der Waals surface area contributed by atoms with Crippen molar-refractivity contribution in [3.63, 3.8) is 0 Å². The summed E-state index contributed by atoms with van der Waals surface area (Å²) in [5, 5.41) is 12.0. The van der Waals surface area contributed by atoms with Crippen molar-refractivity contribution < 1.29 is 17.6 Å². The molecule has 1 amide bonds. The van der Waals surface area contributed by atoms with Crippen molar-refractivity contribution in [3.8, 4) is 6.07 Å². The lowest BCUT2D eigenvalue weighted by Gasteiger charge is -2.20. The second-order valence-corrected chi connectivity index (χ2v) is 8.93. The predicted octanol–water partition coefficient (Wildman–Crippen LogP) is 3.57. The number of halogens is 1. The largest absolute Gasteiger partial charge is 0.333 e. The molecule has 1 unspecified atom stereocenters. The minimum atomic E-state index is -3.85. The van der Waals surface area contributed by atoms with Crippen LogP contribution in [-0.4, -0.2) is 20.9 Å². The quantitative estimate of drug-likeness (QED) is 0.663. The number of fused-ring (bicyclic) bond motifs is 1. The molecule has 1 aliphatic rings. The molecule has 6 nitrogen and oxygen atoms in total. The molecule has 0 aliphatic carbocycles. The highest BCUT2D eigenvalue weighted by molar-refractivity contribution is 7.92. The normalized spacial score (nSPS) is 13.9. The number of nitrogens with one attached hydrogen (secondary N) is 1. The molecule has 0 aromatic heterocycles. The molecular formula is C23H18FN3O3S. The number of rotatable bonds is 5. The molecule has 0 radical (unpaired) electrons. The molecule has 3 aromatic rings. The molecule has 1 aliphatic heterocycles. The summed E-state index contributed by atoms with van der Waals surface area (Å²) in [6.07, 6.45) is 0.622. The van der Waals surface area contributed by atoms with Crippen molar-refractivity contribution in [2.24, 2.45) is 0 Å². The molecule has 0 fully saturated rings. The minimum Gasteiger partial charge on any atom is -0.333 e. The van der Waals surface area contributed by atoms with Crippen molar-refractivity contribution >= 4 is 21.6 Å².